The highest BCUT2D eigenvalue weighted by atomic mass is 19.1. The summed E-state index contributed by atoms with van der Waals surface area (Å²) in [6, 6.07) is 4.99. The highest BCUT2D eigenvalue weighted by molar-refractivity contribution is 5.28. The molecule has 0 aliphatic carbocycles. The first-order valence-electron chi connectivity index (χ1n) is 4.13. The summed E-state index contributed by atoms with van der Waals surface area (Å²) < 4.78 is 18.2. The average Bonchev–Trinajstić information content (AvgIpc) is 2.03. The molecule has 3 heteroatoms. The quantitative estimate of drug-likeness (QED) is 0.697. The summed E-state index contributed by atoms with van der Waals surface area (Å²) in [6.45, 7) is 4.42. The van der Waals surface area contributed by atoms with E-state index in [2.05, 4.69) is 0 Å². The van der Waals surface area contributed by atoms with Gasteiger partial charge in [0.1, 0.15) is 0 Å². The third-order valence-electron chi connectivity index (χ3n) is 1.55. The molecule has 0 aliphatic heterocycles. The Morgan fingerprint density at radius 2 is 2.00 bits per heavy atom. The van der Waals surface area contributed by atoms with Gasteiger partial charge in [-0.25, -0.2) is 4.39 Å². The van der Waals surface area contributed by atoms with Crippen LogP contribution >= 0.6 is 0 Å². The van der Waals surface area contributed by atoms with Crippen LogP contribution in [0.25, 0.3) is 0 Å². The van der Waals surface area contributed by atoms with Gasteiger partial charge in [-0.15, -0.1) is 0 Å². The van der Waals surface area contributed by atoms with E-state index in [0.717, 1.165) is 12.0 Å². The van der Waals surface area contributed by atoms with Crippen molar-refractivity contribution in [3.8, 4) is 5.75 Å². The molecule has 0 atom stereocenters. The van der Waals surface area contributed by atoms with Crippen molar-refractivity contribution < 1.29 is 13.8 Å². The van der Waals surface area contributed by atoms with E-state index < -0.39 is 0 Å². The molecule has 1 aromatic carbocycles. The maximum Gasteiger partial charge on any atom is 0.165 e. The van der Waals surface area contributed by atoms with Crippen molar-refractivity contribution in [2.45, 2.75) is 27.7 Å². The molecule has 1 aromatic rings. The lowest BCUT2D eigenvalue weighted by molar-refractivity contribution is -0.00000392. The van der Waals surface area contributed by atoms with Gasteiger partial charge in [0, 0.05) is 0 Å². The zero-order valence-corrected chi connectivity index (χ0v) is 7.81. The first-order chi connectivity index (χ1) is 5.74. The molecule has 14 heavy (non-hydrogen) atoms. The minimum atomic E-state index is -0.275. The standard InChI is InChI=1S/C10H13FO.CH4.FH/c1-3-6-12-10-5-4-8(2)7-9(10)11;;/h4-5,7H,3,6H2,1-2H3;1H4;1H/p-1. The summed E-state index contributed by atoms with van der Waals surface area (Å²) in [4.78, 5) is 0. The van der Waals surface area contributed by atoms with Gasteiger partial charge in [-0.3, -0.25) is 0 Å². The molecule has 0 bridgehead atoms. The normalized spacial score (nSPS) is 8.50. The Balaban J connectivity index is 0. The van der Waals surface area contributed by atoms with Gasteiger partial charge in [0.15, 0.2) is 11.6 Å². The van der Waals surface area contributed by atoms with Gasteiger partial charge < -0.3 is 9.44 Å². The highest BCUT2D eigenvalue weighted by Crippen LogP contribution is 2.17. The summed E-state index contributed by atoms with van der Waals surface area (Å²) >= 11 is 0. The largest absolute Gasteiger partial charge is 1.00 e. The molecule has 0 heterocycles. The molecule has 0 unspecified atom stereocenters. The first-order valence-corrected chi connectivity index (χ1v) is 4.13. The van der Waals surface area contributed by atoms with E-state index in [1.54, 1.807) is 6.07 Å². The second kappa shape index (κ2) is 7.30. The van der Waals surface area contributed by atoms with Crippen molar-refractivity contribution in [2.24, 2.45) is 0 Å². The van der Waals surface area contributed by atoms with Crippen LogP contribution in [-0.4, -0.2) is 6.61 Å². The number of benzene rings is 1. The number of aryl methyl sites for hydroxylation is 1. The maximum atomic E-state index is 13.0. The van der Waals surface area contributed by atoms with Crippen LogP contribution < -0.4 is 9.44 Å². The molecule has 0 aromatic heterocycles. The smallest absolute Gasteiger partial charge is 0.165 e. The molecule has 0 aliphatic rings. The van der Waals surface area contributed by atoms with Crippen LogP contribution in [0.3, 0.4) is 0 Å². The van der Waals surface area contributed by atoms with Gasteiger partial charge in [-0.1, -0.05) is 20.4 Å². The summed E-state index contributed by atoms with van der Waals surface area (Å²) in [5.41, 5.74) is 0.913. The zero-order chi connectivity index (χ0) is 8.97. The number of hydrogen-bond donors (Lipinski definition) is 0. The van der Waals surface area contributed by atoms with Crippen molar-refractivity contribution in [3.63, 3.8) is 0 Å². The third-order valence-corrected chi connectivity index (χ3v) is 1.55. The molecule has 0 saturated carbocycles. The lowest BCUT2D eigenvalue weighted by atomic mass is 10.2. The summed E-state index contributed by atoms with van der Waals surface area (Å²) in [5, 5.41) is 0. The second-order valence-electron chi connectivity index (χ2n) is 2.78. The molecule has 1 rings (SSSR count). The molecule has 82 valence electrons. The van der Waals surface area contributed by atoms with Gasteiger partial charge >= 0.3 is 0 Å². The van der Waals surface area contributed by atoms with Gasteiger partial charge in [0.2, 0.25) is 0 Å². The fourth-order valence-electron chi connectivity index (χ4n) is 0.935. The number of ether oxygens (including phenoxy) is 1. The summed E-state index contributed by atoms with van der Waals surface area (Å²) in [7, 11) is 0. The SMILES string of the molecule is C.CCCOc1ccc(C)cc1F.[F-]. The fraction of sp³-hybridized carbons (Fsp3) is 0.455. The third kappa shape index (κ3) is 4.21. The van der Waals surface area contributed by atoms with Crippen LogP contribution in [0.5, 0.6) is 5.75 Å². The Labute approximate surface area is 84.3 Å². The second-order valence-corrected chi connectivity index (χ2v) is 2.78. The molecule has 0 spiro atoms. The van der Waals surface area contributed by atoms with Crippen molar-refractivity contribution >= 4 is 0 Å². The van der Waals surface area contributed by atoms with Crippen molar-refractivity contribution in [1.82, 2.24) is 0 Å². The zero-order valence-electron chi connectivity index (χ0n) is 7.81. The Morgan fingerprint density at radius 3 is 2.50 bits per heavy atom. The van der Waals surface area contributed by atoms with E-state index in [4.69, 9.17) is 4.74 Å². The Morgan fingerprint density at radius 1 is 1.36 bits per heavy atom. The lowest BCUT2D eigenvalue weighted by Crippen LogP contribution is -3.00. The van der Waals surface area contributed by atoms with Crippen molar-refractivity contribution in [1.29, 1.82) is 0 Å². The van der Waals surface area contributed by atoms with E-state index in [-0.39, 0.29) is 17.9 Å². The maximum absolute atomic E-state index is 13.0. The van der Waals surface area contributed by atoms with Crippen LogP contribution in [0.15, 0.2) is 18.2 Å². The number of rotatable bonds is 3. The van der Waals surface area contributed by atoms with E-state index in [0.29, 0.717) is 12.4 Å². The molecule has 0 saturated heterocycles. The van der Waals surface area contributed by atoms with Crippen LogP contribution in [0, 0.1) is 12.7 Å². The van der Waals surface area contributed by atoms with Gasteiger partial charge in [-0.2, -0.15) is 0 Å². The van der Waals surface area contributed by atoms with E-state index in [9.17, 15) is 4.39 Å². The predicted octanol–water partition coefficient (Wildman–Crippen LogP) is 0.563. The number of halogens is 2. The molecular weight excluding hydrogens is 186 g/mol. The number of hydrogen-bond acceptors (Lipinski definition) is 1. The Kier molecular flexibility index (Phi) is 8.01. The van der Waals surface area contributed by atoms with Crippen LogP contribution in [-0.2, 0) is 0 Å². The van der Waals surface area contributed by atoms with Gasteiger partial charge in [0.25, 0.3) is 0 Å². The van der Waals surface area contributed by atoms with Gasteiger partial charge in [0.05, 0.1) is 6.61 Å². The topological polar surface area (TPSA) is 9.23 Å². The molecule has 0 fully saturated rings. The van der Waals surface area contributed by atoms with Crippen LogP contribution in [0.1, 0.15) is 26.3 Å². The molecular formula is C11H17F2O-. The van der Waals surface area contributed by atoms with E-state index in [1.807, 2.05) is 19.9 Å². The molecule has 0 amide bonds. The summed E-state index contributed by atoms with van der Waals surface area (Å²) in [5.74, 6) is 0.0749. The average molecular weight is 203 g/mol. The van der Waals surface area contributed by atoms with Gasteiger partial charge in [-0.05, 0) is 31.0 Å². The monoisotopic (exact) mass is 203 g/mol. The Bertz CT molecular complexity index is 261. The lowest BCUT2D eigenvalue weighted by Gasteiger charge is -2.05. The Hall–Kier alpha value is -1.12. The fourth-order valence-corrected chi connectivity index (χ4v) is 0.935. The predicted molar refractivity (Wildman–Crippen MR) is 53.7 cm³/mol. The molecule has 0 radical (unpaired) electrons. The first kappa shape index (κ1) is 15.4. The van der Waals surface area contributed by atoms with Crippen LogP contribution in [0.4, 0.5) is 4.39 Å². The summed E-state index contributed by atoms with van der Waals surface area (Å²) in [6.07, 6.45) is 0.896. The van der Waals surface area contributed by atoms with E-state index in [1.165, 1.54) is 6.07 Å². The molecule has 0 N–H and O–H groups in total. The van der Waals surface area contributed by atoms with Crippen LogP contribution in [0.2, 0.25) is 0 Å². The molecule has 1 nitrogen and oxygen atoms in total. The van der Waals surface area contributed by atoms with Crippen molar-refractivity contribution in [2.75, 3.05) is 6.61 Å². The minimum Gasteiger partial charge on any atom is -1.00 e. The highest BCUT2D eigenvalue weighted by Gasteiger charge is 2.01. The van der Waals surface area contributed by atoms with E-state index >= 15 is 0 Å². The van der Waals surface area contributed by atoms with Crippen molar-refractivity contribution in [3.05, 3.63) is 29.6 Å². The minimum absolute atomic E-state index is 0.